The van der Waals surface area contributed by atoms with E-state index in [2.05, 4.69) is 19.9 Å². The lowest BCUT2D eigenvalue weighted by molar-refractivity contribution is 0.601. The molecule has 0 saturated heterocycles. The predicted octanol–water partition coefficient (Wildman–Crippen LogP) is 3.68. The first-order valence-corrected chi connectivity index (χ1v) is 9.10. The molecule has 0 bridgehead atoms. The van der Waals surface area contributed by atoms with Crippen LogP contribution in [0.2, 0.25) is 5.15 Å². The van der Waals surface area contributed by atoms with E-state index in [4.69, 9.17) is 11.6 Å². The molecule has 1 heterocycles. The Hall–Kier alpha value is -2.77. The maximum atomic E-state index is 12.3. The Morgan fingerprint density at radius 1 is 0.920 bits per heavy atom. The summed E-state index contributed by atoms with van der Waals surface area (Å²) in [4.78, 5) is 4.42. The molecule has 0 aliphatic carbocycles. The Labute approximate surface area is 150 Å². The minimum atomic E-state index is -3.76. The molecule has 25 heavy (non-hydrogen) atoms. The van der Waals surface area contributed by atoms with Gasteiger partial charge in [0.1, 0.15) is 0 Å². The molecule has 3 rings (SSSR count). The average molecular weight is 373 g/mol. The molecule has 0 unspecified atom stereocenters. The first kappa shape index (κ1) is 17.1. The van der Waals surface area contributed by atoms with Gasteiger partial charge in [-0.3, -0.25) is 9.71 Å². The van der Waals surface area contributed by atoms with Gasteiger partial charge in [0.25, 0.3) is 10.0 Å². The Kier molecular flexibility index (Phi) is 5.06. The highest BCUT2D eigenvalue weighted by Crippen LogP contribution is 2.19. The lowest BCUT2D eigenvalue weighted by Crippen LogP contribution is -2.14. The van der Waals surface area contributed by atoms with Crippen molar-refractivity contribution in [2.24, 2.45) is 4.99 Å². The zero-order valence-electron chi connectivity index (χ0n) is 12.9. The van der Waals surface area contributed by atoms with Crippen molar-refractivity contribution in [3.63, 3.8) is 0 Å². The number of aromatic nitrogens is 2. The third kappa shape index (κ3) is 4.62. The van der Waals surface area contributed by atoms with Crippen molar-refractivity contribution < 1.29 is 8.42 Å². The number of benzene rings is 2. The van der Waals surface area contributed by atoms with Crippen molar-refractivity contribution in [3.8, 4) is 0 Å². The molecule has 8 heteroatoms. The van der Waals surface area contributed by atoms with Crippen molar-refractivity contribution >= 4 is 39.3 Å². The molecule has 1 N–H and O–H groups in total. The van der Waals surface area contributed by atoms with Gasteiger partial charge < -0.3 is 0 Å². The molecule has 126 valence electrons. The van der Waals surface area contributed by atoms with Crippen LogP contribution < -0.4 is 4.72 Å². The molecule has 0 amide bonds. The molecular weight excluding hydrogens is 360 g/mol. The summed E-state index contributed by atoms with van der Waals surface area (Å²) in [5.74, 6) is 0.0931. The molecule has 0 spiro atoms. The standard InChI is InChI=1S/C17H13ClN4O2S/c18-16-10-11-17(21-20-16)22-25(23,24)15-8-6-14(7-9-15)19-12-13-4-2-1-3-5-13/h1-12H,(H,21,22). The minimum Gasteiger partial charge on any atom is -0.262 e. The largest absolute Gasteiger partial charge is 0.263 e. The molecular formula is C17H13ClN4O2S. The van der Waals surface area contributed by atoms with Crippen molar-refractivity contribution in [1.82, 2.24) is 10.2 Å². The monoisotopic (exact) mass is 372 g/mol. The second-order valence-electron chi connectivity index (χ2n) is 5.01. The van der Waals surface area contributed by atoms with E-state index in [1.165, 1.54) is 24.3 Å². The third-order valence-electron chi connectivity index (χ3n) is 3.18. The molecule has 2 aromatic carbocycles. The number of nitrogens with one attached hydrogen (secondary N) is 1. The van der Waals surface area contributed by atoms with Gasteiger partial charge in [0.2, 0.25) is 0 Å². The lowest BCUT2D eigenvalue weighted by atomic mass is 10.2. The molecule has 0 fully saturated rings. The maximum Gasteiger partial charge on any atom is 0.263 e. The van der Waals surface area contributed by atoms with E-state index in [0.717, 1.165) is 5.56 Å². The summed E-state index contributed by atoms with van der Waals surface area (Å²) in [6.45, 7) is 0. The summed E-state index contributed by atoms with van der Waals surface area (Å²) in [5.41, 5.74) is 1.61. The van der Waals surface area contributed by atoms with Crippen LogP contribution in [0.3, 0.4) is 0 Å². The number of anilines is 1. The Balaban J connectivity index is 1.74. The number of aliphatic imine (C=N–C) groups is 1. The first-order chi connectivity index (χ1) is 12.0. The molecule has 3 aromatic rings. The van der Waals surface area contributed by atoms with E-state index in [9.17, 15) is 8.42 Å². The van der Waals surface area contributed by atoms with Gasteiger partial charge >= 0.3 is 0 Å². The van der Waals surface area contributed by atoms with E-state index in [1.54, 1.807) is 18.3 Å². The number of nitrogens with zero attached hydrogens (tertiary/aromatic N) is 3. The Bertz CT molecular complexity index is 973. The van der Waals surface area contributed by atoms with Crippen LogP contribution in [0.5, 0.6) is 0 Å². The van der Waals surface area contributed by atoms with E-state index < -0.39 is 10.0 Å². The van der Waals surface area contributed by atoms with Crippen LogP contribution in [0.25, 0.3) is 0 Å². The van der Waals surface area contributed by atoms with Gasteiger partial charge in [0, 0.05) is 6.21 Å². The van der Waals surface area contributed by atoms with Gasteiger partial charge in [-0.05, 0) is 42.0 Å². The summed E-state index contributed by atoms with van der Waals surface area (Å²) in [6, 6.07) is 18.7. The highest BCUT2D eigenvalue weighted by molar-refractivity contribution is 7.92. The number of sulfonamides is 1. The molecule has 0 atom stereocenters. The molecule has 0 radical (unpaired) electrons. The lowest BCUT2D eigenvalue weighted by Gasteiger charge is -2.06. The highest BCUT2D eigenvalue weighted by Gasteiger charge is 2.14. The topological polar surface area (TPSA) is 84.3 Å². The van der Waals surface area contributed by atoms with Crippen molar-refractivity contribution in [3.05, 3.63) is 77.4 Å². The first-order valence-electron chi connectivity index (χ1n) is 7.24. The average Bonchev–Trinajstić information content (AvgIpc) is 2.63. The van der Waals surface area contributed by atoms with Gasteiger partial charge in [0.05, 0.1) is 10.6 Å². The number of rotatable bonds is 5. The fourth-order valence-electron chi connectivity index (χ4n) is 1.97. The summed E-state index contributed by atoms with van der Waals surface area (Å²) in [7, 11) is -3.76. The number of hydrogen-bond donors (Lipinski definition) is 1. The van der Waals surface area contributed by atoms with Crippen LogP contribution in [0.4, 0.5) is 11.5 Å². The van der Waals surface area contributed by atoms with Gasteiger partial charge in [-0.2, -0.15) is 0 Å². The Morgan fingerprint density at radius 2 is 1.64 bits per heavy atom. The number of hydrogen-bond acceptors (Lipinski definition) is 5. The summed E-state index contributed by atoms with van der Waals surface area (Å²) >= 11 is 5.63. The quantitative estimate of drug-likeness (QED) is 0.692. The van der Waals surface area contributed by atoms with Crippen LogP contribution in [0, 0.1) is 0 Å². The SMILES string of the molecule is O=S(=O)(Nc1ccc(Cl)nn1)c1ccc(N=Cc2ccccc2)cc1. The van der Waals surface area contributed by atoms with Gasteiger partial charge in [0.15, 0.2) is 11.0 Å². The molecule has 1 aromatic heterocycles. The second-order valence-corrected chi connectivity index (χ2v) is 7.08. The van der Waals surface area contributed by atoms with E-state index >= 15 is 0 Å². The van der Waals surface area contributed by atoms with Gasteiger partial charge in [-0.15, -0.1) is 10.2 Å². The molecule has 0 saturated carbocycles. The predicted molar refractivity (Wildman–Crippen MR) is 98.0 cm³/mol. The number of halogens is 1. The Morgan fingerprint density at radius 3 is 2.28 bits per heavy atom. The van der Waals surface area contributed by atoms with Crippen molar-refractivity contribution in [2.75, 3.05) is 4.72 Å². The third-order valence-corrected chi connectivity index (χ3v) is 4.75. The molecule has 6 nitrogen and oxygen atoms in total. The van der Waals surface area contributed by atoms with Crippen LogP contribution in [-0.2, 0) is 10.0 Å². The zero-order valence-corrected chi connectivity index (χ0v) is 14.4. The van der Waals surface area contributed by atoms with Gasteiger partial charge in [-0.25, -0.2) is 8.42 Å². The minimum absolute atomic E-state index is 0.0931. The van der Waals surface area contributed by atoms with E-state index in [1.807, 2.05) is 30.3 Å². The van der Waals surface area contributed by atoms with Crippen LogP contribution in [0.15, 0.2) is 76.6 Å². The van der Waals surface area contributed by atoms with Crippen LogP contribution >= 0.6 is 11.6 Å². The molecule has 0 aliphatic heterocycles. The van der Waals surface area contributed by atoms with Crippen LogP contribution in [-0.4, -0.2) is 24.8 Å². The summed E-state index contributed by atoms with van der Waals surface area (Å²) in [6.07, 6.45) is 1.71. The normalized spacial score (nSPS) is 11.6. The summed E-state index contributed by atoms with van der Waals surface area (Å²) < 4.78 is 27.0. The zero-order chi connectivity index (χ0) is 17.7. The maximum absolute atomic E-state index is 12.3. The fraction of sp³-hybridized carbons (Fsp3) is 0. The van der Waals surface area contributed by atoms with Crippen molar-refractivity contribution in [2.45, 2.75) is 4.90 Å². The fourth-order valence-corrected chi connectivity index (χ4v) is 3.06. The second kappa shape index (κ2) is 7.42. The highest BCUT2D eigenvalue weighted by atomic mass is 35.5. The smallest absolute Gasteiger partial charge is 0.262 e. The van der Waals surface area contributed by atoms with Gasteiger partial charge in [-0.1, -0.05) is 41.9 Å². The van der Waals surface area contributed by atoms with E-state index in [0.29, 0.717) is 5.69 Å². The van der Waals surface area contributed by atoms with E-state index in [-0.39, 0.29) is 15.9 Å². The summed E-state index contributed by atoms with van der Waals surface area (Å²) in [5, 5.41) is 7.45. The van der Waals surface area contributed by atoms with Crippen molar-refractivity contribution in [1.29, 1.82) is 0 Å². The van der Waals surface area contributed by atoms with Crippen LogP contribution in [0.1, 0.15) is 5.56 Å². The molecule has 0 aliphatic rings.